The largest absolute Gasteiger partial charge is 0.384 e. The molecule has 0 aliphatic heterocycles. The number of nitrogen functional groups attached to an aromatic ring is 1. The molecular formula is C20H12ClF2N7O. The van der Waals surface area contributed by atoms with Crippen LogP contribution < -0.4 is 5.73 Å². The Balaban J connectivity index is 1.64. The molecule has 0 saturated carbocycles. The number of nitrogens with two attached hydrogens (primary N) is 1. The number of rotatable bonds is 4. The van der Waals surface area contributed by atoms with Crippen molar-refractivity contribution >= 4 is 23.1 Å². The molecule has 8 nitrogen and oxygen atoms in total. The number of pyridine rings is 1. The van der Waals surface area contributed by atoms with Crippen LogP contribution in [0, 0.1) is 0 Å². The van der Waals surface area contributed by atoms with E-state index in [4.69, 9.17) is 21.9 Å². The Labute approximate surface area is 178 Å². The molecular weight excluding hydrogens is 428 g/mol. The fourth-order valence-electron chi connectivity index (χ4n) is 3.05. The summed E-state index contributed by atoms with van der Waals surface area (Å²) in [5.41, 5.74) is 7.31. The van der Waals surface area contributed by atoms with Gasteiger partial charge in [-0.15, -0.1) is 0 Å². The lowest BCUT2D eigenvalue weighted by Crippen LogP contribution is -2.02. The van der Waals surface area contributed by atoms with Crippen LogP contribution in [-0.2, 0) is 0 Å². The molecule has 4 heterocycles. The summed E-state index contributed by atoms with van der Waals surface area (Å²) in [7, 11) is 0. The van der Waals surface area contributed by atoms with E-state index in [0.29, 0.717) is 33.2 Å². The summed E-state index contributed by atoms with van der Waals surface area (Å²) < 4.78 is 33.9. The van der Waals surface area contributed by atoms with Crippen molar-refractivity contribution in [3.63, 3.8) is 0 Å². The van der Waals surface area contributed by atoms with Crippen LogP contribution in [0.5, 0.6) is 0 Å². The van der Waals surface area contributed by atoms with E-state index in [1.165, 1.54) is 18.5 Å². The number of fused-ring (bicyclic) bond motifs is 1. The first-order valence-electron chi connectivity index (χ1n) is 8.98. The molecule has 5 aromatic rings. The second kappa shape index (κ2) is 7.40. The third-order valence-electron chi connectivity index (χ3n) is 4.56. The minimum atomic E-state index is -2.77. The molecule has 0 fully saturated rings. The minimum Gasteiger partial charge on any atom is -0.384 e. The fourth-order valence-corrected chi connectivity index (χ4v) is 3.17. The lowest BCUT2D eigenvalue weighted by Gasteiger charge is -2.08. The highest BCUT2D eigenvalue weighted by atomic mass is 35.5. The highest BCUT2D eigenvalue weighted by Gasteiger charge is 2.22. The van der Waals surface area contributed by atoms with Gasteiger partial charge in [0.05, 0.1) is 11.9 Å². The number of benzene rings is 1. The molecule has 2 N–H and O–H groups in total. The van der Waals surface area contributed by atoms with Gasteiger partial charge in [0.25, 0.3) is 12.3 Å². The van der Waals surface area contributed by atoms with Crippen molar-refractivity contribution in [2.75, 3.05) is 5.73 Å². The zero-order valence-corrected chi connectivity index (χ0v) is 16.3. The molecule has 0 saturated heterocycles. The average molecular weight is 440 g/mol. The first kappa shape index (κ1) is 19.1. The van der Waals surface area contributed by atoms with Gasteiger partial charge >= 0.3 is 0 Å². The molecule has 11 heteroatoms. The van der Waals surface area contributed by atoms with Gasteiger partial charge in [-0.1, -0.05) is 28.9 Å². The third kappa shape index (κ3) is 3.46. The van der Waals surface area contributed by atoms with E-state index in [1.54, 1.807) is 36.4 Å². The Morgan fingerprint density at radius 3 is 2.48 bits per heavy atom. The van der Waals surface area contributed by atoms with Crippen molar-refractivity contribution in [3.8, 4) is 34.1 Å². The molecule has 0 bridgehead atoms. The lowest BCUT2D eigenvalue weighted by molar-refractivity contribution is 0.143. The van der Waals surface area contributed by atoms with Crippen molar-refractivity contribution < 1.29 is 13.3 Å². The van der Waals surface area contributed by atoms with Crippen LogP contribution in [-0.4, -0.2) is 29.7 Å². The zero-order chi connectivity index (χ0) is 21.5. The van der Waals surface area contributed by atoms with Gasteiger partial charge in [0.1, 0.15) is 17.1 Å². The summed E-state index contributed by atoms with van der Waals surface area (Å²) in [5.74, 6) is 0.709. The Morgan fingerprint density at radius 1 is 1.00 bits per heavy atom. The van der Waals surface area contributed by atoms with Crippen LogP contribution in [0.25, 0.3) is 39.7 Å². The summed E-state index contributed by atoms with van der Waals surface area (Å²) in [6.45, 7) is 0. The van der Waals surface area contributed by atoms with Crippen LogP contribution in [0.15, 0.2) is 59.4 Å². The highest BCUT2D eigenvalue weighted by Crippen LogP contribution is 2.31. The van der Waals surface area contributed by atoms with Crippen molar-refractivity contribution in [3.05, 3.63) is 65.6 Å². The maximum absolute atomic E-state index is 13.7. The number of hydrogen-bond acceptors (Lipinski definition) is 7. The SMILES string of the molecule is Nc1ccc(-c2noc(-c3cnn4c(C(F)F)cc(-c5ccc(Cl)cc5)nc34)n2)cn1. The molecule has 5 rings (SSSR count). The Morgan fingerprint density at radius 2 is 1.77 bits per heavy atom. The number of nitrogens with zero attached hydrogens (tertiary/aromatic N) is 6. The van der Waals surface area contributed by atoms with Gasteiger partial charge in [0.15, 0.2) is 5.65 Å². The predicted molar refractivity (Wildman–Crippen MR) is 109 cm³/mol. The fraction of sp³-hybridized carbons (Fsp3) is 0.0500. The summed E-state index contributed by atoms with van der Waals surface area (Å²) >= 11 is 5.93. The van der Waals surface area contributed by atoms with Gasteiger partial charge in [-0.05, 0) is 30.3 Å². The number of halogens is 3. The smallest absolute Gasteiger partial charge is 0.280 e. The molecule has 0 radical (unpaired) electrons. The van der Waals surface area contributed by atoms with E-state index in [1.807, 2.05) is 0 Å². The summed E-state index contributed by atoms with van der Waals surface area (Å²) in [6, 6.07) is 11.3. The number of anilines is 1. The number of hydrogen-bond donors (Lipinski definition) is 1. The van der Waals surface area contributed by atoms with Crippen molar-refractivity contribution in [2.45, 2.75) is 6.43 Å². The second-order valence-electron chi connectivity index (χ2n) is 6.56. The van der Waals surface area contributed by atoms with Crippen LogP contribution in [0.3, 0.4) is 0 Å². The molecule has 0 amide bonds. The Hall–Kier alpha value is -3.92. The molecule has 0 aliphatic carbocycles. The molecule has 4 aromatic heterocycles. The van der Waals surface area contributed by atoms with E-state index in [-0.39, 0.29) is 23.1 Å². The zero-order valence-electron chi connectivity index (χ0n) is 15.6. The molecule has 0 atom stereocenters. The molecule has 0 spiro atoms. The summed E-state index contributed by atoms with van der Waals surface area (Å²) in [4.78, 5) is 12.8. The molecule has 154 valence electrons. The monoisotopic (exact) mass is 439 g/mol. The first-order valence-corrected chi connectivity index (χ1v) is 9.36. The van der Waals surface area contributed by atoms with Gasteiger partial charge in [0, 0.05) is 22.3 Å². The van der Waals surface area contributed by atoms with Crippen LogP contribution in [0.4, 0.5) is 14.6 Å². The van der Waals surface area contributed by atoms with Gasteiger partial charge in [-0.3, -0.25) is 0 Å². The third-order valence-corrected chi connectivity index (χ3v) is 4.82. The molecule has 1 aromatic carbocycles. The van der Waals surface area contributed by atoms with E-state index < -0.39 is 6.43 Å². The van der Waals surface area contributed by atoms with E-state index >= 15 is 0 Å². The maximum atomic E-state index is 13.7. The average Bonchev–Trinajstić information content (AvgIpc) is 3.41. The highest BCUT2D eigenvalue weighted by molar-refractivity contribution is 6.30. The topological polar surface area (TPSA) is 108 Å². The van der Waals surface area contributed by atoms with E-state index in [9.17, 15) is 8.78 Å². The van der Waals surface area contributed by atoms with Crippen molar-refractivity contribution in [1.82, 2.24) is 29.7 Å². The standard InChI is InChI=1S/C20H12ClF2N7O/c21-12-4-1-10(2-5-12)14-7-15(17(22)23)30-19(27-14)13(9-26-30)20-28-18(29-31-20)11-3-6-16(24)25-8-11/h1-9,17H,(H2,24,25). The molecule has 31 heavy (non-hydrogen) atoms. The number of alkyl halides is 2. The predicted octanol–water partition coefficient (Wildman–Crippen LogP) is 4.68. The van der Waals surface area contributed by atoms with Gasteiger partial charge < -0.3 is 10.3 Å². The quantitative estimate of drug-likeness (QED) is 0.433. The van der Waals surface area contributed by atoms with Crippen molar-refractivity contribution in [1.29, 1.82) is 0 Å². The van der Waals surface area contributed by atoms with Crippen LogP contribution >= 0.6 is 11.6 Å². The van der Waals surface area contributed by atoms with Gasteiger partial charge in [-0.2, -0.15) is 10.1 Å². The second-order valence-corrected chi connectivity index (χ2v) is 7.00. The van der Waals surface area contributed by atoms with Crippen LogP contribution in [0.1, 0.15) is 12.1 Å². The van der Waals surface area contributed by atoms with Crippen LogP contribution in [0.2, 0.25) is 5.02 Å². The molecule has 0 unspecified atom stereocenters. The van der Waals surface area contributed by atoms with Crippen molar-refractivity contribution in [2.24, 2.45) is 0 Å². The first-order chi connectivity index (χ1) is 15.0. The van der Waals surface area contributed by atoms with E-state index in [2.05, 4.69) is 25.2 Å². The van der Waals surface area contributed by atoms with E-state index in [0.717, 1.165) is 4.52 Å². The lowest BCUT2D eigenvalue weighted by atomic mass is 10.1. The normalized spacial score (nSPS) is 11.5. The Kier molecular flexibility index (Phi) is 4.55. The summed E-state index contributed by atoms with van der Waals surface area (Å²) in [5, 5.41) is 8.51. The number of aromatic nitrogens is 6. The Bertz CT molecular complexity index is 1380. The van der Waals surface area contributed by atoms with Gasteiger partial charge in [-0.25, -0.2) is 23.3 Å². The maximum Gasteiger partial charge on any atom is 0.280 e. The summed E-state index contributed by atoms with van der Waals surface area (Å²) in [6.07, 6.45) is 0.0907. The van der Waals surface area contributed by atoms with Gasteiger partial charge in [0.2, 0.25) is 5.82 Å². The minimum absolute atomic E-state index is 0.0859. The molecule has 0 aliphatic rings.